The third kappa shape index (κ3) is 1.95. The first-order valence-corrected chi connectivity index (χ1v) is 5.70. The average molecular weight is 236 g/mol. The van der Waals surface area contributed by atoms with Gasteiger partial charge in [-0.05, 0) is 24.5 Å². The van der Waals surface area contributed by atoms with Gasteiger partial charge in [0.25, 0.3) is 0 Å². The molecule has 0 radical (unpaired) electrons. The van der Waals surface area contributed by atoms with Gasteiger partial charge in [0.2, 0.25) is 5.60 Å². The van der Waals surface area contributed by atoms with Crippen LogP contribution in [-0.4, -0.2) is 23.8 Å². The minimum absolute atomic E-state index is 0.139. The highest BCUT2D eigenvalue weighted by molar-refractivity contribution is 5.80. The molecule has 1 aromatic carbocycles. The summed E-state index contributed by atoms with van der Waals surface area (Å²) in [7, 11) is 1.36. The lowest BCUT2D eigenvalue weighted by Gasteiger charge is -2.35. The number of aryl methyl sites for hydroxylation is 1. The predicted octanol–water partition coefficient (Wildman–Crippen LogP) is 2.04. The summed E-state index contributed by atoms with van der Waals surface area (Å²) in [5, 5.41) is 9.43. The van der Waals surface area contributed by atoms with E-state index in [-0.39, 0.29) is 11.7 Å². The van der Waals surface area contributed by atoms with Gasteiger partial charge in [-0.15, -0.1) is 0 Å². The normalized spacial score (nSPS) is 22.5. The van der Waals surface area contributed by atoms with Gasteiger partial charge in [0.1, 0.15) is 11.5 Å². The molecule has 92 valence electrons. The molecular weight excluding hydrogens is 220 g/mol. The molecule has 17 heavy (non-hydrogen) atoms. The smallest absolute Gasteiger partial charge is 0.350 e. The molecule has 1 heterocycles. The first-order valence-electron chi connectivity index (χ1n) is 5.70. The lowest BCUT2D eigenvalue weighted by Crippen LogP contribution is -2.47. The molecule has 0 saturated carbocycles. The number of fused-ring (bicyclic) bond motifs is 1. The van der Waals surface area contributed by atoms with Crippen molar-refractivity contribution in [3.63, 3.8) is 0 Å². The fourth-order valence-electron chi connectivity index (χ4n) is 2.17. The molecule has 0 aliphatic carbocycles. The van der Waals surface area contributed by atoms with E-state index in [4.69, 9.17) is 9.47 Å². The zero-order chi connectivity index (χ0) is 12.5. The fourth-order valence-corrected chi connectivity index (χ4v) is 2.17. The Bertz CT molecular complexity index is 441. The number of hydrogen-bond acceptors (Lipinski definition) is 4. The highest BCUT2D eigenvalue weighted by atomic mass is 16.6. The molecule has 0 amide bonds. The zero-order valence-corrected chi connectivity index (χ0v) is 10.0. The van der Waals surface area contributed by atoms with Crippen molar-refractivity contribution in [2.45, 2.75) is 31.8 Å². The molecule has 1 aliphatic rings. The number of phenols is 1. The topological polar surface area (TPSA) is 55.8 Å². The van der Waals surface area contributed by atoms with Crippen LogP contribution in [0.25, 0.3) is 0 Å². The zero-order valence-electron chi connectivity index (χ0n) is 10.0. The quantitative estimate of drug-likeness (QED) is 0.798. The molecule has 1 aromatic rings. The Balaban J connectivity index is 2.35. The number of esters is 1. The second kappa shape index (κ2) is 4.28. The highest BCUT2D eigenvalue weighted by Crippen LogP contribution is 2.37. The van der Waals surface area contributed by atoms with E-state index >= 15 is 0 Å². The Kier molecular flexibility index (Phi) is 2.96. The summed E-state index contributed by atoms with van der Waals surface area (Å²) < 4.78 is 10.6. The van der Waals surface area contributed by atoms with E-state index in [1.54, 1.807) is 12.1 Å². The fraction of sp³-hybridized carbons (Fsp3) is 0.462. The molecule has 0 unspecified atom stereocenters. The molecule has 4 heteroatoms. The predicted molar refractivity (Wildman–Crippen MR) is 62.1 cm³/mol. The maximum absolute atomic E-state index is 11.8. The highest BCUT2D eigenvalue weighted by Gasteiger charge is 2.43. The summed E-state index contributed by atoms with van der Waals surface area (Å²) in [5.41, 5.74) is 0.103. The third-order valence-corrected chi connectivity index (χ3v) is 3.28. The number of benzene rings is 1. The largest absolute Gasteiger partial charge is 0.508 e. The molecule has 0 saturated heterocycles. The second-order valence-corrected chi connectivity index (χ2v) is 4.23. The second-order valence-electron chi connectivity index (χ2n) is 4.23. The summed E-state index contributed by atoms with van der Waals surface area (Å²) in [6.45, 7) is 1.89. The molecule has 0 bridgehead atoms. The van der Waals surface area contributed by atoms with Crippen LogP contribution in [0.3, 0.4) is 0 Å². The molecule has 1 aliphatic heterocycles. The van der Waals surface area contributed by atoms with Crippen LogP contribution in [0.5, 0.6) is 11.5 Å². The number of carbonyl (C=O) groups excluding carboxylic acids is 1. The Morgan fingerprint density at radius 1 is 1.59 bits per heavy atom. The lowest BCUT2D eigenvalue weighted by atomic mass is 9.89. The van der Waals surface area contributed by atoms with Crippen LogP contribution in [0.4, 0.5) is 0 Å². The molecular formula is C13H16O4. The van der Waals surface area contributed by atoms with Gasteiger partial charge < -0.3 is 14.6 Å². The van der Waals surface area contributed by atoms with Crippen LogP contribution in [0.15, 0.2) is 18.2 Å². The van der Waals surface area contributed by atoms with Crippen LogP contribution in [-0.2, 0) is 16.0 Å². The molecule has 0 spiro atoms. The van der Waals surface area contributed by atoms with E-state index in [0.717, 1.165) is 12.0 Å². The molecule has 1 N–H and O–H groups in total. The van der Waals surface area contributed by atoms with Crippen molar-refractivity contribution in [2.24, 2.45) is 0 Å². The van der Waals surface area contributed by atoms with Gasteiger partial charge in [0.15, 0.2) is 0 Å². The number of carbonyl (C=O) groups is 1. The molecule has 0 aromatic heterocycles. The number of phenolic OH excluding ortho intramolecular Hbond substituents is 1. The van der Waals surface area contributed by atoms with Crippen LogP contribution >= 0.6 is 0 Å². The van der Waals surface area contributed by atoms with Crippen molar-refractivity contribution in [1.82, 2.24) is 0 Å². The molecule has 4 nitrogen and oxygen atoms in total. The maximum Gasteiger partial charge on any atom is 0.350 e. The number of methoxy groups -OCH3 is 1. The minimum atomic E-state index is -0.907. The number of rotatable bonds is 2. The third-order valence-electron chi connectivity index (χ3n) is 3.28. The monoisotopic (exact) mass is 236 g/mol. The van der Waals surface area contributed by atoms with E-state index in [0.29, 0.717) is 18.6 Å². The minimum Gasteiger partial charge on any atom is -0.508 e. The van der Waals surface area contributed by atoms with Crippen molar-refractivity contribution >= 4 is 5.97 Å². The van der Waals surface area contributed by atoms with Crippen LogP contribution in [0.2, 0.25) is 0 Å². The van der Waals surface area contributed by atoms with Gasteiger partial charge in [0, 0.05) is 12.5 Å². The Morgan fingerprint density at radius 2 is 2.35 bits per heavy atom. The summed E-state index contributed by atoms with van der Waals surface area (Å²) in [4.78, 5) is 11.8. The maximum atomic E-state index is 11.8. The van der Waals surface area contributed by atoms with E-state index < -0.39 is 5.60 Å². The Hall–Kier alpha value is -1.71. The number of hydrogen-bond donors (Lipinski definition) is 1. The average Bonchev–Trinajstić information content (AvgIpc) is 2.36. The first kappa shape index (κ1) is 11.8. The van der Waals surface area contributed by atoms with Gasteiger partial charge in [-0.2, -0.15) is 0 Å². The Morgan fingerprint density at radius 3 is 3.00 bits per heavy atom. The van der Waals surface area contributed by atoms with Crippen molar-refractivity contribution in [1.29, 1.82) is 0 Å². The van der Waals surface area contributed by atoms with E-state index in [2.05, 4.69) is 0 Å². The SMILES string of the molecule is CC[C@]1(C(=O)OC)CCc2ccc(O)cc2O1. The van der Waals surface area contributed by atoms with Crippen LogP contribution in [0, 0.1) is 0 Å². The molecule has 2 rings (SSSR count). The standard InChI is InChI=1S/C13H16O4/c1-3-13(12(15)16-2)7-6-9-4-5-10(14)8-11(9)17-13/h4-5,8,14H,3,6-7H2,1-2H3/t13-/m1/s1. The van der Waals surface area contributed by atoms with Crippen molar-refractivity contribution in [3.8, 4) is 11.5 Å². The van der Waals surface area contributed by atoms with Crippen LogP contribution in [0.1, 0.15) is 25.3 Å². The van der Waals surface area contributed by atoms with Gasteiger partial charge >= 0.3 is 5.97 Å². The number of aromatic hydroxyl groups is 1. The van der Waals surface area contributed by atoms with Gasteiger partial charge in [-0.25, -0.2) is 4.79 Å². The van der Waals surface area contributed by atoms with Crippen molar-refractivity contribution in [3.05, 3.63) is 23.8 Å². The van der Waals surface area contributed by atoms with Gasteiger partial charge in [-0.1, -0.05) is 13.0 Å². The van der Waals surface area contributed by atoms with Crippen LogP contribution < -0.4 is 4.74 Å². The van der Waals surface area contributed by atoms with Gasteiger partial charge in [-0.3, -0.25) is 0 Å². The Labute approximate surface area is 100 Å². The summed E-state index contributed by atoms with van der Waals surface area (Å²) in [6, 6.07) is 4.99. The van der Waals surface area contributed by atoms with Crippen molar-refractivity contribution < 1.29 is 19.4 Å². The lowest BCUT2D eigenvalue weighted by molar-refractivity contribution is -0.161. The van der Waals surface area contributed by atoms with Gasteiger partial charge in [0.05, 0.1) is 7.11 Å². The van der Waals surface area contributed by atoms with Crippen molar-refractivity contribution in [2.75, 3.05) is 7.11 Å². The van der Waals surface area contributed by atoms with E-state index in [9.17, 15) is 9.90 Å². The summed E-state index contributed by atoms with van der Waals surface area (Å²) in [6.07, 6.45) is 1.90. The first-order chi connectivity index (χ1) is 8.11. The number of ether oxygens (including phenoxy) is 2. The molecule has 1 atom stereocenters. The summed E-state index contributed by atoms with van der Waals surface area (Å²) >= 11 is 0. The summed E-state index contributed by atoms with van der Waals surface area (Å²) in [5.74, 6) is 0.359. The van der Waals surface area contributed by atoms with E-state index in [1.165, 1.54) is 7.11 Å². The molecule has 0 fully saturated rings. The van der Waals surface area contributed by atoms with E-state index in [1.807, 2.05) is 13.0 Å².